The van der Waals surface area contributed by atoms with Crippen LogP contribution in [0.1, 0.15) is 52.9 Å². The van der Waals surface area contributed by atoms with Gasteiger partial charge in [-0.2, -0.15) is 17.0 Å². The molecule has 0 amide bonds. The Kier molecular flexibility index (Phi) is 6.62. The Bertz CT molecular complexity index is 446. The van der Waals surface area contributed by atoms with Crippen LogP contribution in [0.2, 0.25) is 0 Å². The van der Waals surface area contributed by atoms with Crippen LogP contribution in [0.3, 0.4) is 0 Å². The summed E-state index contributed by atoms with van der Waals surface area (Å²) in [4.78, 5) is 11.6. The second kappa shape index (κ2) is 7.56. The number of aliphatic carboxylic acids is 1. The largest absolute Gasteiger partial charge is 0.481 e. The first kappa shape index (κ1) is 18.4. The lowest BCUT2D eigenvalue weighted by atomic mass is 9.83. The Balaban J connectivity index is 2.93. The third-order valence-corrected chi connectivity index (χ3v) is 6.08. The predicted molar refractivity (Wildman–Crippen MR) is 82.2 cm³/mol. The molecule has 1 fully saturated rings. The highest BCUT2D eigenvalue weighted by atomic mass is 32.2. The Hall–Kier alpha value is -0.660. The lowest BCUT2D eigenvalue weighted by Gasteiger charge is -2.28. The first-order chi connectivity index (χ1) is 9.84. The van der Waals surface area contributed by atoms with Crippen molar-refractivity contribution in [2.75, 3.05) is 26.2 Å². The van der Waals surface area contributed by atoms with Crippen molar-refractivity contribution in [1.82, 2.24) is 8.61 Å². The number of rotatable bonds is 9. The molecule has 0 radical (unpaired) electrons. The van der Waals surface area contributed by atoms with E-state index >= 15 is 0 Å². The van der Waals surface area contributed by atoms with Crippen LogP contribution >= 0.6 is 0 Å². The summed E-state index contributed by atoms with van der Waals surface area (Å²) >= 11 is 0. The fourth-order valence-corrected chi connectivity index (χ4v) is 4.89. The molecule has 1 heterocycles. The van der Waals surface area contributed by atoms with E-state index in [1.807, 2.05) is 20.8 Å². The minimum absolute atomic E-state index is 0.0996. The lowest BCUT2D eigenvalue weighted by molar-refractivity contribution is -0.148. The van der Waals surface area contributed by atoms with Gasteiger partial charge < -0.3 is 5.11 Å². The average molecular weight is 320 g/mol. The quantitative estimate of drug-likeness (QED) is 0.704. The molecule has 1 aliphatic rings. The normalized spacial score (nSPS) is 23.8. The van der Waals surface area contributed by atoms with Gasteiger partial charge in [0.2, 0.25) is 0 Å². The topological polar surface area (TPSA) is 77.9 Å². The summed E-state index contributed by atoms with van der Waals surface area (Å²) < 4.78 is 28.2. The minimum Gasteiger partial charge on any atom is -0.481 e. The fourth-order valence-electron chi connectivity index (χ4n) is 3.00. The highest BCUT2D eigenvalue weighted by Crippen LogP contribution is 2.37. The predicted octanol–water partition coefficient (Wildman–Crippen LogP) is 1.93. The molecule has 1 N–H and O–H groups in total. The van der Waals surface area contributed by atoms with Crippen molar-refractivity contribution in [1.29, 1.82) is 0 Å². The monoisotopic (exact) mass is 320 g/mol. The van der Waals surface area contributed by atoms with Gasteiger partial charge in [0.1, 0.15) is 0 Å². The first-order valence-electron chi connectivity index (χ1n) is 7.82. The van der Waals surface area contributed by atoms with Crippen LogP contribution in [0.25, 0.3) is 0 Å². The molecule has 0 aliphatic carbocycles. The van der Waals surface area contributed by atoms with Gasteiger partial charge in [-0.3, -0.25) is 4.79 Å². The standard InChI is InChI=1S/C14H28N2O4S/c1-4-7-14(13(17)18)8-11-16(12-14)21(19,20)15(9-5-2)10-6-3/h4-12H2,1-3H3,(H,17,18). The van der Waals surface area contributed by atoms with E-state index in [1.54, 1.807) is 0 Å². The van der Waals surface area contributed by atoms with E-state index in [1.165, 1.54) is 8.61 Å². The molecule has 0 saturated carbocycles. The number of hydrogen-bond donors (Lipinski definition) is 1. The molecule has 0 aromatic heterocycles. The molecular weight excluding hydrogens is 292 g/mol. The Labute approximate surface area is 128 Å². The van der Waals surface area contributed by atoms with Gasteiger partial charge in [0, 0.05) is 26.2 Å². The van der Waals surface area contributed by atoms with Crippen LogP contribution in [-0.4, -0.2) is 54.3 Å². The van der Waals surface area contributed by atoms with E-state index in [9.17, 15) is 18.3 Å². The van der Waals surface area contributed by atoms with Crippen molar-refractivity contribution in [3.05, 3.63) is 0 Å². The van der Waals surface area contributed by atoms with Crippen molar-refractivity contribution >= 4 is 16.2 Å². The summed E-state index contributed by atoms with van der Waals surface area (Å²) in [6.45, 7) is 7.20. The SMILES string of the molecule is CCCN(CCC)S(=O)(=O)N1CCC(CCC)(C(=O)O)C1. The van der Waals surface area contributed by atoms with E-state index < -0.39 is 21.6 Å². The van der Waals surface area contributed by atoms with E-state index in [-0.39, 0.29) is 6.54 Å². The van der Waals surface area contributed by atoms with Crippen LogP contribution in [0.5, 0.6) is 0 Å². The molecule has 1 aliphatic heterocycles. The summed E-state index contributed by atoms with van der Waals surface area (Å²) in [5, 5.41) is 9.49. The molecule has 124 valence electrons. The van der Waals surface area contributed by atoms with E-state index in [4.69, 9.17) is 0 Å². The summed E-state index contributed by atoms with van der Waals surface area (Å²) in [6.07, 6.45) is 3.18. The number of hydrogen-bond acceptors (Lipinski definition) is 3. The zero-order chi connectivity index (χ0) is 16.1. The Morgan fingerprint density at radius 3 is 2.19 bits per heavy atom. The molecule has 1 atom stereocenters. The van der Waals surface area contributed by atoms with E-state index in [0.29, 0.717) is 32.5 Å². The highest BCUT2D eigenvalue weighted by molar-refractivity contribution is 7.86. The maximum atomic E-state index is 12.7. The van der Waals surface area contributed by atoms with Gasteiger partial charge in [0.05, 0.1) is 5.41 Å². The summed E-state index contributed by atoms with van der Waals surface area (Å²) in [6, 6.07) is 0. The molecule has 21 heavy (non-hydrogen) atoms. The molecule has 6 nitrogen and oxygen atoms in total. The number of nitrogens with zero attached hydrogens (tertiary/aromatic N) is 2. The van der Waals surface area contributed by atoms with Gasteiger partial charge in [-0.05, 0) is 25.7 Å². The molecule has 7 heteroatoms. The molecule has 0 aromatic carbocycles. The van der Waals surface area contributed by atoms with Gasteiger partial charge in [0.15, 0.2) is 0 Å². The summed E-state index contributed by atoms with van der Waals surface area (Å²) in [5.41, 5.74) is -0.911. The van der Waals surface area contributed by atoms with Crippen molar-refractivity contribution in [3.8, 4) is 0 Å². The van der Waals surface area contributed by atoms with Gasteiger partial charge in [-0.1, -0.05) is 27.2 Å². The molecule has 0 spiro atoms. The van der Waals surface area contributed by atoms with Crippen LogP contribution < -0.4 is 0 Å². The van der Waals surface area contributed by atoms with Crippen molar-refractivity contribution in [2.45, 2.75) is 52.9 Å². The number of carboxylic acid groups (broad SMARTS) is 1. The Morgan fingerprint density at radius 2 is 1.76 bits per heavy atom. The third kappa shape index (κ3) is 3.96. The second-order valence-electron chi connectivity index (χ2n) is 5.83. The fraction of sp³-hybridized carbons (Fsp3) is 0.929. The van der Waals surface area contributed by atoms with Gasteiger partial charge >= 0.3 is 5.97 Å². The Morgan fingerprint density at radius 1 is 1.19 bits per heavy atom. The molecule has 1 saturated heterocycles. The summed E-state index contributed by atoms with van der Waals surface area (Å²) in [5.74, 6) is -0.875. The van der Waals surface area contributed by atoms with Gasteiger partial charge in [-0.25, -0.2) is 0 Å². The highest BCUT2D eigenvalue weighted by Gasteiger charge is 2.48. The van der Waals surface area contributed by atoms with E-state index in [0.717, 1.165) is 19.3 Å². The zero-order valence-corrected chi connectivity index (χ0v) is 14.2. The average Bonchev–Trinajstić information content (AvgIpc) is 2.85. The molecular formula is C14H28N2O4S. The molecule has 0 bridgehead atoms. The maximum absolute atomic E-state index is 12.7. The molecule has 0 aromatic rings. The van der Waals surface area contributed by atoms with Crippen LogP contribution in [0, 0.1) is 5.41 Å². The van der Waals surface area contributed by atoms with Crippen molar-refractivity contribution in [3.63, 3.8) is 0 Å². The third-order valence-electron chi connectivity index (χ3n) is 4.10. The van der Waals surface area contributed by atoms with Gasteiger partial charge in [0.25, 0.3) is 10.2 Å². The molecule has 1 unspecified atom stereocenters. The van der Waals surface area contributed by atoms with Crippen LogP contribution in [-0.2, 0) is 15.0 Å². The van der Waals surface area contributed by atoms with Crippen LogP contribution in [0.4, 0.5) is 0 Å². The van der Waals surface area contributed by atoms with Crippen LogP contribution in [0.15, 0.2) is 0 Å². The zero-order valence-electron chi connectivity index (χ0n) is 13.3. The lowest BCUT2D eigenvalue weighted by Crippen LogP contribution is -2.45. The molecule has 1 rings (SSSR count). The second-order valence-corrected chi connectivity index (χ2v) is 7.75. The first-order valence-corrected chi connectivity index (χ1v) is 9.22. The maximum Gasteiger partial charge on any atom is 0.311 e. The van der Waals surface area contributed by atoms with E-state index in [2.05, 4.69) is 0 Å². The van der Waals surface area contributed by atoms with Gasteiger partial charge in [-0.15, -0.1) is 0 Å². The smallest absolute Gasteiger partial charge is 0.311 e. The number of carboxylic acids is 1. The van der Waals surface area contributed by atoms with Crippen molar-refractivity contribution in [2.24, 2.45) is 5.41 Å². The van der Waals surface area contributed by atoms with Crippen molar-refractivity contribution < 1.29 is 18.3 Å². The minimum atomic E-state index is -3.54. The summed E-state index contributed by atoms with van der Waals surface area (Å²) in [7, 11) is -3.54. The number of carbonyl (C=O) groups is 1.